The molecule has 0 aliphatic carbocycles. The standard InChI is InChI=1S/C28H30N2O4S2/c1-22(2)28(31)34-20-8-3-4-9-21-35-25-16-12-23(13-17-25)29-30-24-14-18-27(19-15-24)36(32,33)26-10-6-5-7-11-26/h5-7,10-19H,1,3-4,8-9,20-21H2,2H3/b30-29+. The number of nitrogens with zero attached hydrogens (tertiary/aromatic N) is 2. The number of unbranched alkanes of at least 4 members (excludes halogenated alkanes) is 3. The summed E-state index contributed by atoms with van der Waals surface area (Å²) in [7, 11) is -3.54. The topological polar surface area (TPSA) is 85.2 Å². The van der Waals surface area contributed by atoms with Gasteiger partial charge in [-0.2, -0.15) is 10.2 Å². The van der Waals surface area contributed by atoms with Crippen LogP contribution in [0.15, 0.2) is 116 Å². The van der Waals surface area contributed by atoms with Crippen LogP contribution in [0, 0.1) is 0 Å². The van der Waals surface area contributed by atoms with Crippen molar-refractivity contribution in [2.24, 2.45) is 10.2 Å². The quantitative estimate of drug-likeness (QED) is 0.0754. The Morgan fingerprint density at radius 2 is 1.36 bits per heavy atom. The van der Waals surface area contributed by atoms with Crippen molar-refractivity contribution in [3.63, 3.8) is 0 Å². The van der Waals surface area contributed by atoms with Crippen molar-refractivity contribution in [2.45, 2.75) is 47.3 Å². The normalized spacial score (nSPS) is 11.5. The van der Waals surface area contributed by atoms with Crippen LogP contribution in [0.25, 0.3) is 0 Å². The SMILES string of the molecule is C=C(C)C(=O)OCCCCCCSc1ccc(/N=N/c2ccc(S(=O)(=O)c3ccccc3)cc2)cc1. The summed E-state index contributed by atoms with van der Waals surface area (Å²) in [6.07, 6.45) is 4.09. The fourth-order valence-electron chi connectivity index (χ4n) is 3.19. The average Bonchev–Trinajstić information content (AvgIpc) is 2.90. The Bertz CT molecular complexity index is 1270. The van der Waals surface area contributed by atoms with Crippen LogP contribution in [0.5, 0.6) is 0 Å². The highest BCUT2D eigenvalue weighted by molar-refractivity contribution is 7.99. The summed E-state index contributed by atoms with van der Waals surface area (Å²) in [6, 6.07) is 22.6. The number of thioether (sulfide) groups is 1. The second-order valence-corrected chi connectivity index (χ2v) is 11.3. The molecule has 0 bridgehead atoms. The Kier molecular flexibility index (Phi) is 10.5. The van der Waals surface area contributed by atoms with Crippen molar-refractivity contribution < 1.29 is 17.9 Å². The smallest absolute Gasteiger partial charge is 0.333 e. The van der Waals surface area contributed by atoms with Gasteiger partial charge in [0.25, 0.3) is 0 Å². The van der Waals surface area contributed by atoms with Gasteiger partial charge >= 0.3 is 5.97 Å². The van der Waals surface area contributed by atoms with Gasteiger partial charge in [0, 0.05) is 10.5 Å². The number of azo groups is 1. The third-order valence-corrected chi connectivity index (χ3v) is 8.09. The maximum absolute atomic E-state index is 12.7. The molecule has 8 heteroatoms. The zero-order valence-corrected chi connectivity index (χ0v) is 21.9. The molecule has 36 heavy (non-hydrogen) atoms. The van der Waals surface area contributed by atoms with Crippen LogP contribution in [-0.4, -0.2) is 26.7 Å². The molecule has 3 aromatic rings. The first-order valence-electron chi connectivity index (χ1n) is 11.7. The highest BCUT2D eigenvalue weighted by Gasteiger charge is 2.16. The Balaban J connectivity index is 1.40. The minimum absolute atomic E-state index is 0.222. The number of sulfone groups is 1. The molecule has 0 fully saturated rings. The van der Waals surface area contributed by atoms with Crippen LogP contribution in [-0.2, 0) is 19.4 Å². The molecule has 0 heterocycles. The highest BCUT2D eigenvalue weighted by atomic mass is 32.2. The molecule has 3 rings (SSSR count). The van der Waals surface area contributed by atoms with Crippen molar-refractivity contribution in [3.8, 4) is 0 Å². The highest BCUT2D eigenvalue weighted by Crippen LogP contribution is 2.26. The number of hydrogen-bond donors (Lipinski definition) is 0. The van der Waals surface area contributed by atoms with Gasteiger partial charge in [-0.15, -0.1) is 11.8 Å². The van der Waals surface area contributed by atoms with Gasteiger partial charge in [0.1, 0.15) is 0 Å². The number of carbonyl (C=O) groups is 1. The number of carbonyl (C=O) groups excluding carboxylic acids is 1. The van der Waals surface area contributed by atoms with Gasteiger partial charge < -0.3 is 4.74 Å². The molecule has 0 aliphatic heterocycles. The van der Waals surface area contributed by atoms with Gasteiger partial charge in [0.05, 0.1) is 27.8 Å². The van der Waals surface area contributed by atoms with Crippen LogP contribution in [0.4, 0.5) is 11.4 Å². The Morgan fingerprint density at radius 3 is 1.97 bits per heavy atom. The monoisotopic (exact) mass is 522 g/mol. The molecular formula is C28H30N2O4S2. The van der Waals surface area contributed by atoms with Gasteiger partial charge in [-0.3, -0.25) is 0 Å². The third-order valence-electron chi connectivity index (χ3n) is 5.21. The van der Waals surface area contributed by atoms with Crippen LogP contribution < -0.4 is 0 Å². The Labute approximate surface area is 217 Å². The van der Waals surface area contributed by atoms with E-state index >= 15 is 0 Å². The fraction of sp³-hybridized carbons (Fsp3) is 0.250. The van der Waals surface area contributed by atoms with E-state index in [0.717, 1.165) is 37.1 Å². The number of esters is 1. The summed E-state index contributed by atoms with van der Waals surface area (Å²) < 4.78 is 30.4. The summed E-state index contributed by atoms with van der Waals surface area (Å²) >= 11 is 1.79. The second kappa shape index (κ2) is 13.8. The third kappa shape index (κ3) is 8.46. The van der Waals surface area contributed by atoms with Crippen LogP contribution in [0.1, 0.15) is 32.6 Å². The first-order valence-corrected chi connectivity index (χ1v) is 14.2. The minimum atomic E-state index is -3.54. The van der Waals surface area contributed by atoms with E-state index in [-0.39, 0.29) is 15.8 Å². The predicted octanol–water partition coefficient (Wildman–Crippen LogP) is 7.71. The second-order valence-electron chi connectivity index (χ2n) is 8.18. The van der Waals surface area contributed by atoms with E-state index in [2.05, 4.69) is 16.8 Å². The molecule has 0 saturated heterocycles. The summed E-state index contributed by atoms with van der Waals surface area (Å²) in [5, 5.41) is 8.47. The van der Waals surface area contributed by atoms with Gasteiger partial charge in [0.2, 0.25) is 9.84 Å². The zero-order valence-electron chi connectivity index (χ0n) is 20.3. The number of benzene rings is 3. The average molecular weight is 523 g/mol. The molecule has 0 saturated carbocycles. The predicted molar refractivity (Wildman–Crippen MR) is 144 cm³/mol. The van der Waals surface area contributed by atoms with E-state index in [0.29, 0.717) is 17.9 Å². The van der Waals surface area contributed by atoms with E-state index in [9.17, 15) is 13.2 Å². The molecule has 0 spiro atoms. The van der Waals surface area contributed by atoms with E-state index in [1.807, 2.05) is 24.3 Å². The van der Waals surface area contributed by atoms with Crippen LogP contribution in [0.3, 0.4) is 0 Å². The summed E-state index contributed by atoms with van der Waals surface area (Å²) in [5.74, 6) is 0.700. The molecule has 0 amide bonds. The van der Waals surface area contributed by atoms with E-state index < -0.39 is 9.84 Å². The molecule has 3 aromatic carbocycles. The molecule has 0 aliphatic rings. The van der Waals surface area contributed by atoms with Gasteiger partial charge in [-0.05, 0) is 86.2 Å². The minimum Gasteiger partial charge on any atom is -0.462 e. The number of ether oxygens (including phenoxy) is 1. The van der Waals surface area contributed by atoms with Crippen molar-refractivity contribution in [3.05, 3.63) is 91.0 Å². The largest absolute Gasteiger partial charge is 0.462 e. The zero-order chi connectivity index (χ0) is 25.8. The van der Waals surface area contributed by atoms with Crippen LogP contribution >= 0.6 is 11.8 Å². The number of hydrogen-bond acceptors (Lipinski definition) is 7. The Hall–Kier alpha value is -3.23. The molecule has 0 aromatic heterocycles. The van der Waals surface area contributed by atoms with E-state index in [4.69, 9.17) is 4.74 Å². The first kappa shape index (κ1) is 27.4. The lowest BCUT2D eigenvalue weighted by molar-refractivity contribution is -0.139. The Morgan fingerprint density at radius 1 is 0.806 bits per heavy atom. The number of rotatable bonds is 13. The van der Waals surface area contributed by atoms with Gasteiger partial charge in [-0.25, -0.2) is 13.2 Å². The van der Waals surface area contributed by atoms with Crippen molar-refractivity contribution in [2.75, 3.05) is 12.4 Å². The van der Waals surface area contributed by atoms with Crippen LogP contribution in [0.2, 0.25) is 0 Å². The molecule has 0 N–H and O–H groups in total. The molecular weight excluding hydrogens is 492 g/mol. The lowest BCUT2D eigenvalue weighted by Gasteiger charge is -2.05. The maximum atomic E-state index is 12.7. The lowest BCUT2D eigenvalue weighted by Crippen LogP contribution is -2.06. The van der Waals surface area contributed by atoms with Crippen molar-refractivity contribution in [1.82, 2.24) is 0 Å². The van der Waals surface area contributed by atoms with Gasteiger partial charge in [-0.1, -0.05) is 37.6 Å². The fourth-order valence-corrected chi connectivity index (χ4v) is 5.38. The van der Waals surface area contributed by atoms with E-state index in [1.165, 1.54) is 4.90 Å². The molecule has 188 valence electrons. The van der Waals surface area contributed by atoms with Gasteiger partial charge in [0.15, 0.2) is 0 Å². The van der Waals surface area contributed by atoms with Crippen molar-refractivity contribution >= 4 is 38.9 Å². The maximum Gasteiger partial charge on any atom is 0.333 e. The summed E-state index contributed by atoms with van der Waals surface area (Å²) in [6.45, 7) is 5.66. The summed E-state index contributed by atoms with van der Waals surface area (Å²) in [4.78, 5) is 13.0. The van der Waals surface area contributed by atoms with Crippen molar-refractivity contribution in [1.29, 1.82) is 0 Å². The van der Waals surface area contributed by atoms with E-state index in [1.54, 1.807) is 73.3 Å². The molecule has 0 unspecified atom stereocenters. The first-order chi connectivity index (χ1) is 17.4. The lowest BCUT2D eigenvalue weighted by atomic mass is 10.2. The summed E-state index contributed by atoms with van der Waals surface area (Å²) in [5.41, 5.74) is 1.74. The molecule has 0 radical (unpaired) electrons. The molecule has 0 atom stereocenters. The molecule has 6 nitrogen and oxygen atoms in total.